The van der Waals surface area contributed by atoms with E-state index < -0.39 is 0 Å². The minimum Gasteiger partial charge on any atom is -0.456 e. The van der Waals surface area contributed by atoms with Crippen molar-refractivity contribution >= 4 is 71.7 Å². The van der Waals surface area contributed by atoms with Gasteiger partial charge in [-0.15, -0.1) is 0 Å². The van der Waals surface area contributed by atoms with Crippen LogP contribution in [0.2, 0.25) is 0 Å². The van der Waals surface area contributed by atoms with E-state index in [1.165, 1.54) is 27.5 Å². The maximum atomic E-state index is 6.83. The molecule has 258 valence electrons. The predicted octanol–water partition coefficient (Wildman–Crippen LogP) is 15.1. The summed E-state index contributed by atoms with van der Waals surface area (Å²) in [6.45, 7) is 0. The van der Waals surface area contributed by atoms with E-state index >= 15 is 0 Å². The van der Waals surface area contributed by atoms with E-state index in [0.29, 0.717) is 0 Å². The number of benzene rings is 9. The van der Waals surface area contributed by atoms with Gasteiger partial charge in [-0.2, -0.15) is 0 Å². The van der Waals surface area contributed by atoms with Crippen LogP contribution in [0.15, 0.2) is 209 Å². The van der Waals surface area contributed by atoms with Crippen molar-refractivity contribution in [1.82, 2.24) is 0 Å². The standard InChI is InChI=1S/C52H33NO2/c1-2-11-34(12-3-1)36-21-23-37(24-22-36)38-27-29-41(30-28-38)53(45-17-10-20-49-50(45)43-15-6-8-18-47(43)54-49)46-32-31-42(40-26-25-35-13-4-5-14-39(35)33-40)52-51(46)44-16-7-9-19-48(44)55-52/h1-33H. The molecule has 3 nitrogen and oxygen atoms in total. The highest BCUT2D eigenvalue weighted by atomic mass is 16.3. The maximum Gasteiger partial charge on any atom is 0.145 e. The molecule has 2 aromatic heterocycles. The van der Waals surface area contributed by atoms with Crippen LogP contribution in [-0.2, 0) is 0 Å². The van der Waals surface area contributed by atoms with Crippen LogP contribution in [0.25, 0.3) is 88.0 Å². The molecule has 0 bridgehead atoms. The molecule has 0 atom stereocenters. The Balaban J connectivity index is 1.13. The molecule has 0 aliphatic rings. The van der Waals surface area contributed by atoms with Crippen LogP contribution in [0.5, 0.6) is 0 Å². The summed E-state index contributed by atoms with van der Waals surface area (Å²) in [6, 6.07) is 70.9. The topological polar surface area (TPSA) is 29.5 Å². The normalized spacial score (nSPS) is 11.6. The SMILES string of the molecule is c1ccc(-c2ccc(-c3ccc(N(c4cccc5oc6ccccc6c45)c4ccc(-c5ccc6ccccc6c5)c5oc6ccccc6c45)cc3)cc2)cc1. The zero-order chi connectivity index (χ0) is 36.3. The number of rotatable bonds is 6. The number of hydrogen-bond acceptors (Lipinski definition) is 3. The van der Waals surface area contributed by atoms with Gasteiger partial charge in [-0.1, -0.05) is 146 Å². The highest BCUT2D eigenvalue weighted by molar-refractivity contribution is 6.20. The monoisotopic (exact) mass is 703 g/mol. The third-order valence-electron chi connectivity index (χ3n) is 10.9. The van der Waals surface area contributed by atoms with Gasteiger partial charge in [0, 0.05) is 22.0 Å². The molecule has 0 saturated carbocycles. The average molecular weight is 704 g/mol. The molecular formula is C52H33NO2. The van der Waals surface area contributed by atoms with E-state index in [9.17, 15) is 0 Å². The average Bonchev–Trinajstić information content (AvgIpc) is 3.84. The van der Waals surface area contributed by atoms with Crippen LogP contribution in [0, 0.1) is 0 Å². The van der Waals surface area contributed by atoms with Crippen molar-refractivity contribution < 1.29 is 8.83 Å². The molecule has 0 amide bonds. The Morgan fingerprint density at radius 3 is 1.62 bits per heavy atom. The van der Waals surface area contributed by atoms with Crippen molar-refractivity contribution in [3.05, 3.63) is 200 Å². The van der Waals surface area contributed by atoms with Crippen molar-refractivity contribution in [2.45, 2.75) is 0 Å². The smallest absolute Gasteiger partial charge is 0.145 e. The summed E-state index contributed by atoms with van der Waals surface area (Å²) in [6.07, 6.45) is 0. The molecule has 11 aromatic rings. The summed E-state index contributed by atoms with van der Waals surface area (Å²) >= 11 is 0. The van der Waals surface area contributed by atoms with Gasteiger partial charge in [-0.25, -0.2) is 0 Å². The molecule has 0 saturated heterocycles. The summed E-state index contributed by atoms with van der Waals surface area (Å²) in [4.78, 5) is 2.38. The highest BCUT2D eigenvalue weighted by Crippen LogP contribution is 2.49. The molecule has 2 heterocycles. The van der Waals surface area contributed by atoms with Crippen molar-refractivity contribution in [2.75, 3.05) is 4.90 Å². The van der Waals surface area contributed by atoms with Crippen molar-refractivity contribution in [2.24, 2.45) is 0 Å². The summed E-state index contributed by atoms with van der Waals surface area (Å²) in [7, 11) is 0. The van der Waals surface area contributed by atoms with Gasteiger partial charge in [0.25, 0.3) is 0 Å². The number of furan rings is 2. The first-order valence-electron chi connectivity index (χ1n) is 18.7. The van der Waals surface area contributed by atoms with Gasteiger partial charge in [0.05, 0.1) is 22.1 Å². The Morgan fingerprint density at radius 1 is 0.327 bits per heavy atom. The molecule has 11 rings (SSSR count). The number of hydrogen-bond donors (Lipinski definition) is 0. The van der Waals surface area contributed by atoms with Crippen LogP contribution in [0.4, 0.5) is 17.1 Å². The van der Waals surface area contributed by atoms with E-state index in [2.05, 4.69) is 187 Å². The Bertz CT molecular complexity index is 3190. The number of anilines is 3. The van der Waals surface area contributed by atoms with E-state index in [-0.39, 0.29) is 0 Å². The molecule has 0 fully saturated rings. The second-order valence-corrected chi connectivity index (χ2v) is 14.1. The zero-order valence-corrected chi connectivity index (χ0v) is 29.8. The fraction of sp³-hybridized carbons (Fsp3) is 0. The largest absolute Gasteiger partial charge is 0.456 e. The van der Waals surface area contributed by atoms with Gasteiger partial charge < -0.3 is 13.7 Å². The van der Waals surface area contributed by atoms with E-state index in [4.69, 9.17) is 8.83 Å². The Hall–Kier alpha value is -7.36. The third kappa shape index (κ3) is 5.20. The molecule has 0 aliphatic carbocycles. The number of para-hydroxylation sites is 2. The van der Waals surface area contributed by atoms with Crippen LogP contribution in [0.1, 0.15) is 0 Å². The summed E-state index contributed by atoms with van der Waals surface area (Å²) in [5.41, 5.74) is 13.4. The summed E-state index contributed by atoms with van der Waals surface area (Å²) in [5, 5.41) is 6.69. The summed E-state index contributed by atoms with van der Waals surface area (Å²) < 4.78 is 13.3. The number of fused-ring (bicyclic) bond motifs is 7. The minimum atomic E-state index is 0.847. The fourth-order valence-corrected chi connectivity index (χ4v) is 8.22. The van der Waals surface area contributed by atoms with Crippen molar-refractivity contribution in [3.63, 3.8) is 0 Å². The Kier molecular flexibility index (Phi) is 7.17. The van der Waals surface area contributed by atoms with Crippen LogP contribution in [-0.4, -0.2) is 0 Å². The predicted molar refractivity (Wildman–Crippen MR) is 229 cm³/mol. The maximum absolute atomic E-state index is 6.83. The van der Waals surface area contributed by atoms with Gasteiger partial charge in [0.2, 0.25) is 0 Å². The van der Waals surface area contributed by atoms with E-state index in [0.717, 1.165) is 77.6 Å². The summed E-state index contributed by atoms with van der Waals surface area (Å²) in [5.74, 6) is 0. The molecule has 0 aliphatic heterocycles. The lowest BCUT2D eigenvalue weighted by atomic mass is 9.97. The lowest BCUT2D eigenvalue weighted by molar-refractivity contribution is 0.669. The van der Waals surface area contributed by atoms with Crippen LogP contribution < -0.4 is 4.90 Å². The quantitative estimate of drug-likeness (QED) is 0.173. The molecule has 0 N–H and O–H groups in total. The molecular weight excluding hydrogens is 671 g/mol. The highest BCUT2D eigenvalue weighted by Gasteiger charge is 2.25. The first-order chi connectivity index (χ1) is 27.3. The van der Waals surface area contributed by atoms with Crippen LogP contribution in [0.3, 0.4) is 0 Å². The van der Waals surface area contributed by atoms with Gasteiger partial charge in [0.1, 0.15) is 22.3 Å². The number of nitrogens with zero attached hydrogens (tertiary/aromatic N) is 1. The molecule has 3 heteroatoms. The first kappa shape index (κ1) is 31.2. The van der Waals surface area contributed by atoms with Crippen molar-refractivity contribution in [3.8, 4) is 33.4 Å². The molecule has 0 unspecified atom stereocenters. The lowest BCUT2D eigenvalue weighted by Crippen LogP contribution is -2.11. The van der Waals surface area contributed by atoms with Gasteiger partial charge in [-0.3, -0.25) is 0 Å². The molecule has 0 spiro atoms. The van der Waals surface area contributed by atoms with Crippen molar-refractivity contribution in [1.29, 1.82) is 0 Å². The van der Waals surface area contributed by atoms with E-state index in [1.807, 2.05) is 18.2 Å². The van der Waals surface area contributed by atoms with E-state index in [1.54, 1.807) is 0 Å². The Morgan fingerprint density at radius 2 is 0.873 bits per heavy atom. The molecule has 55 heavy (non-hydrogen) atoms. The second-order valence-electron chi connectivity index (χ2n) is 14.1. The zero-order valence-electron chi connectivity index (χ0n) is 29.8. The molecule has 9 aromatic carbocycles. The minimum absolute atomic E-state index is 0.847. The van der Waals surface area contributed by atoms with Gasteiger partial charge in [-0.05, 0) is 93.2 Å². The molecule has 0 radical (unpaired) electrons. The Labute approximate surface area is 317 Å². The third-order valence-corrected chi connectivity index (χ3v) is 10.9. The van der Waals surface area contributed by atoms with Gasteiger partial charge >= 0.3 is 0 Å². The fourth-order valence-electron chi connectivity index (χ4n) is 8.22. The second kappa shape index (κ2) is 12.6. The first-order valence-corrected chi connectivity index (χ1v) is 18.7. The van der Waals surface area contributed by atoms with Gasteiger partial charge in [0.15, 0.2) is 0 Å². The lowest BCUT2D eigenvalue weighted by Gasteiger charge is -2.27. The van der Waals surface area contributed by atoms with Crippen LogP contribution >= 0.6 is 0 Å².